The first-order valence-corrected chi connectivity index (χ1v) is 12.6. The molecule has 7 heteroatoms. The van der Waals surface area contributed by atoms with Crippen molar-refractivity contribution in [3.63, 3.8) is 0 Å². The summed E-state index contributed by atoms with van der Waals surface area (Å²) in [5.41, 5.74) is 0.100. The fourth-order valence-electron chi connectivity index (χ4n) is 5.35. The van der Waals surface area contributed by atoms with E-state index >= 15 is 0 Å². The monoisotopic (exact) mass is 514 g/mol. The SMILES string of the molecule is CCC(CC(C)(C)C#N)N1C(=O)[C@@](C)(CC(=O)O)C[C@H](c2cccc(Cl)c2)C1c1ccc(Cl)cc1. The Labute approximate surface area is 217 Å². The maximum Gasteiger partial charge on any atom is 0.304 e. The zero-order chi connectivity index (χ0) is 26.0. The van der Waals surface area contributed by atoms with Gasteiger partial charge in [0.15, 0.2) is 0 Å². The van der Waals surface area contributed by atoms with Crippen LogP contribution in [-0.4, -0.2) is 27.9 Å². The standard InChI is InChI=1S/C28H32Cl2N2O3/c1-5-22(14-27(2,3)17-31)32-25(18-9-11-20(29)12-10-18)23(19-7-6-8-21(30)13-19)15-28(4,26(32)35)16-24(33)34/h6-13,22-23,25H,5,14-16H2,1-4H3,(H,33,34)/t22?,23-,25?,28-/m1/s1. The summed E-state index contributed by atoms with van der Waals surface area (Å²) in [4.78, 5) is 27.9. The normalized spacial score (nSPS) is 23.6. The third-order valence-corrected chi connectivity index (χ3v) is 7.53. The molecule has 0 saturated carbocycles. The molecular weight excluding hydrogens is 483 g/mol. The molecule has 2 aromatic rings. The van der Waals surface area contributed by atoms with Gasteiger partial charge in [-0.3, -0.25) is 9.59 Å². The fraction of sp³-hybridized carbons (Fsp3) is 0.464. The van der Waals surface area contributed by atoms with E-state index in [1.807, 2.05) is 56.0 Å². The highest BCUT2D eigenvalue weighted by molar-refractivity contribution is 6.30. The number of nitriles is 1. The largest absolute Gasteiger partial charge is 0.481 e. The Bertz CT molecular complexity index is 1130. The van der Waals surface area contributed by atoms with Crippen LogP contribution in [0.4, 0.5) is 0 Å². The molecule has 0 radical (unpaired) electrons. The highest BCUT2D eigenvalue weighted by Gasteiger charge is 2.52. The molecule has 2 unspecified atom stereocenters. The van der Waals surface area contributed by atoms with Gasteiger partial charge >= 0.3 is 5.97 Å². The number of piperidine rings is 1. The molecule has 1 fully saturated rings. The molecule has 1 heterocycles. The maximum atomic E-state index is 14.2. The van der Waals surface area contributed by atoms with Crippen LogP contribution in [0.2, 0.25) is 10.0 Å². The van der Waals surface area contributed by atoms with Crippen molar-refractivity contribution in [1.82, 2.24) is 4.90 Å². The van der Waals surface area contributed by atoms with Crippen LogP contribution in [0.15, 0.2) is 48.5 Å². The van der Waals surface area contributed by atoms with Gasteiger partial charge < -0.3 is 10.0 Å². The van der Waals surface area contributed by atoms with Crippen molar-refractivity contribution in [1.29, 1.82) is 5.26 Å². The molecule has 186 valence electrons. The van der Waals surface area contributed by atoms with Crippen LogP contribution in [-0.2, 0) is 9.59 Å². The summed E-state index contributed by atoms with van der Waals surface area (Å²) in [7, 11) is 0. The third-order valence-electron chi connectivity index (χ3n) is 7.05. The topological polar surface area (TPSA) is 81.4 Å². The van der Waals surface area contributed by atoms with Crippen molar-refractivity contribution in [2.45, 2.75) is 71.4 Å². The first kappa shape index (κ1) is 27.0. The zero-order valence-electron chi connectivity index (χ0n) is 20.6. The minimum atomic E-state index is -1.11. The Morgan fingerprint density at radius 3 is 2.40 bits per heavy atom. The molecule has 1 N–H and O–H groups in total. The lowest BCUT2D eigenvalue weighted by molar-refractivity contribution is -0.161. The van der Waals surface area contributed by atoms with Crippen molar-refractivity contribution < 1.29 is 14.7 Å². The molecule has 0 aliphatic carbocycles. The summed E-state index contributed by atoms with van der Waals surface area (Å²) in [6.07, 6.45) is 1.19. The summed E-state index contributed by atoms with van der Waals surface area (Å²) < 4.78 is 0. The lowest BCUT2D eigenvalue weighted by Gasteiger charge is -2.52. The Morgan fingerprint density at radius 1 is 1.20 bits per heavy atom. The number of carboxylic acid groups (broad SMARTS) is 1. The van der Waals surface area contributed by atoms with E-state index in [-0.39, 0.29) is 30.3 Å². The van der Waals surface area contributed by atoms with E-state index < -0.39 is 16.8 Å². The third kappa shape index (κ3) is 6.00. The van der Waals surface area contributed by atoms with E-state index in [1.54, 1.807) is 25.1 Å². The lowest BCUT2D eigenvalue weighted by atomic mass is 9.66. The van der Waals surface area contributed by atoms with Crippen molar-refractivity contribution in [3.8, 4) is 6.07 Å². The number of benzene rings is 2. The van der Waals surface area contributed by atoms with Gasteiger partial charge in [-0.05, 0) is 68.5 Å². The summed E-state index contributed by atoms with van der Waals surface area (Å²) in [5, 5.41) is 20.6. The number of carbonyl (C=O) groups excluding carboxylic acids is 1. The average molecular weight is 515 g/mol. The van der Waals surface area contributed by atoms with Crippen LogP contribution in [0.1, 0.15) is 76.5 Å². The average Bonchev–Trinajstić information content (AvgIpc) is 2.79. The molecule has 35 heavy (non-hydrogen) atoms. The predicted molar refractivity (Wildman–Crippen MR) is 138 cm³/mol. The number of hydrogen-bond donors (Lipinski definition) is 1. The van der Waals surface area contributed by atoms with Crippen molar-refractivity contribution in [2.24, 2.45) is 10.8 Å². The molecule has 0 spiro atoms. The molecule has 2 aromatic carbocycles. The van der Waals surface area contributed by atoms with Crippen molar-refractivity contribution in [2.75, 3.05) is 0 Å². The summed E-state index contributed by atoms with van der Waals surface area (Å²) in [6.45, 7) is 7.48. The molecule has 5 nitrogen and oxygen atoms in total. The van der Waals surface area contributed by atoms with Gasteiger partial charge in [-0.15, -0.1) is 0 Å². The van der Waals surface area contributed by atoms with Crippen LogP contribution < -0.4 is 0 Å². The number of hydrogen-bond acceptors (Lipinski definition) is 3. The second-order valence-corrected chi connectivity index (χ2v) is 11.3. The molecular formula is C28H32Cl2N2O3. The molecule has 0 aromatic heterocycles. The highest BCUT2D eigenvalue weighted by atomic mass is 35.5. The second-order valence-electron chi connectivity index (χ2n) is 10.5. The van der Waals surface area contributed by atoms with E-state index in [0.29, 0.717) is 29.3 Å². The smallest absolute Gasteiger partial charge is 0.304 e. The Balaban J connectivity index is 2.25. The summed E-state index contributed by atoms with van der Waals surface area (Å²) in [6, 6.07) is 16.7. The lowest BCUT2D eigenvalue weighted by Crippen LogP contribution is -2.56. The van der Waals surface area contributed by atoms with Gasteiger partial charge in [-0.25, -0.2) is 0 Å². The van der Waals surface area contributed by atoms with Crippen LogP contribution >= 0.6 is 23.2 Å². The van der Waals surface area contributed by atoms with Crippen LogP contribution in [0.3, 0.4) is 0 Å². The van der Waals surface area contributed by atoms with Gasteiger partial charge in [0.05, 0.1) is 29.4 Å². The van der Waals surface area contributed by atoms with Crippen LogP contribution in [0.25, 0.3) is 0 Å². The maximum absolute atomic E-state index is 14.2. The van der Waals surface area contributed by atoms with E-state index in [0.717, 1.165) is 11.1 Å². The van der Waals surface area contributed by atoms with E-state index in [2.05, 4.69) is 6.07 Å². The van der Waals surface area contributed by atoms with Gasteiger partial charge in [0.2, 0.25) is 5.91 Å². The van der Waals surface area contributed by atoms with E-state index in [9.17, 15) is 20.0 Å². The number of nitrogens with zero attached hydrogens (tertiary/aromatic N) is 2. The minimum absolute atomic E-state index is 0.196. The summed E-state index contributed by atoms with van der Waals surface area (Å²) >= 11 is 12.6. The Hall–Kier alpha value is -2.55. The zero-order valence-corrected chi connectivity index (χ0v) is 22.1. The Kier molecular flexibility index (Phi) is 8.19. The number of likely N-dealkylation sites (tertiary alicyclic amines) is 1. The van der Waals surface area contributed by atoms with Gasteiger partial charge in [0.1, 0.15) is 0 Å². The van der Waals surface area contributed by atoms with Crippen molar-refractivity contribution in [3.05, 3.63) is 69.7 Å². The molecule has 1 aliphatic rings. The number of carboxylic acids is 1. The minimum Gasteiger partial charge on any atom is -0.481 e. The number of halogens is 2. The van der Waals surface area contributed by atoms with Gasteiger partial charge in [0.25, 0.3) is 0 Å². The van der Waals surface area contributed by atoms with Crippen molar-refractivity contribution >= 4 is 35.1 Å². The fourth-order valence-corrected chi connectivity index (χ4v) is 5.68. The first-order chi connectivity index (χ1) is 16.4. The van der Waals surface area contributed by atoms with E-state index in [1.165, 1.54) is 0 Å². The number of rotatable bonds is 8. The molecule has 1 aliphatic heterocycles. The van der Waals surface area contributed by atoms with Gasteiger partial charge in [-0.1, -0.05) is 61.3 Å². The number of amides is 1. The molecule has 0 bridgehead atoms. The summed E-state index contributed by atoms with van der Waals surface area (Å²) in [5.74, 6) is -1.41. The quantitative estimate of drug-likeness (QED) is 0.402. The number of carbonyl (C=O) groups is 2. The molecule has 3 rings (SSSR count). The first-order valence-electron chi connectivity index (χ1n) is 11.9. The Morgan fingerprint density at radius 2 is 1.86 bits per heavy atom. The predicted octanol–water partition coefficient (Wildman–Crippen LogP) is 7.25. The van der Waals surface area contributed by atoms with Crippen LogP contribution in [0, 0.1) is 22.2 Å². The van der Waals surface area contributed by atoms with Crippen LogP contribution in [0.5, 0.6) is 0 Å². The number of aliphatic carboxylic acids is 1. The highest BCUT2D eigenvalue weighted by Crippen LogP contribution is 2.53. The second kappa shape index (κ2) is 10.6. The molecule has 4 atom stereocenters. The molecule has 1 amide bonds. The van der Waals surface area contributed by atoms with Gasteiger partial charge in [-0.2, -0.15) is 5.26 Å². The molecule has 1 saturated heterocycles. The van der Waals surface area contributed by atoms with Gasteiger partial charge in [0, 0.05) is 22.0 Å². The van der Waals surface area contributed by atoms with E-state index in [4.69, 9.17) is 23.2 Å².